The second-order valence-electron chi connectivity index (χ2n) is 2.65. The summed E-state index contributed by atoms with van der Waals surface area (Å²) in [7, 11) is 0. The van der Waals surface area contributed by atoms with Gasteiger partial charge in [-0.1, -0.05) is 0 Å². The monoisotopic (exact) mass is 203 g/mol. The second-order valence-corrected chi connectivity index (χ2v) is 2.65. The van der Waals surface area contributed by atoms with E-state index in [1.807, 2.05) is 0 Å². The highest BCUT2D eigenvalue weighted by Gasteiger charge is 2.03. The summed E-state index contributed by atoms with van der Waals surface area (Å²) >= 11 is 0. The van der Waals surface area contributed by atoms with Crippen molar-refractivity contribution in [3.8, 4) is 0 Å². The molecule has 5 N–H and O–H groups in total. The average Bonchev–Trinajstić information content (AvgIpc) is 2.15. The van der Waals surface area contributed by atoms with Crippen LogP contribution in [0.1, 0.15) is 12.8 Å². The average molecular weight is 203 g/mol. The number of carbonyl (C=O) groups is 2. The molecule has 0 aromatic carbocycles. The second kappa shape index (κ2) is 8.46. The number of ether oxygens (including phenoxy) is 1. The Morgan fingerprint density at radius 3 is 2.43 bits per heavy atom. The van der Waals surface area contributed by atoms with Crippen molar-refractivity contribution in [3.63, 3.8) is 0 Å². The minimum atomic E-state index is -0.358. The number of nitrogens with two attached hydrogens (primary N) is 2. The number of esters is 1. The third-order valence-electron chi connectivity index (χ3n) is 1.40. The highest BCUT2D eigenvalue weighted by atomic mass is 16.5. The number of nitrogens with one attached hydrogen (secondary N) is 1. The van der Waals surface area contributed by atoms with Crippen molar-refractivity contribution in [2.75, 3.05) is 26.2 Å². The van der Waals surface area contributed by atoms with Crippen molar-refractivity contribution in [1.82, 2.24) is 5.32 Å². The molecular weight excluding hydrogens is 186 g/mol. The fourth-order valence-corrected chi connectivity index (χ4v) is 0.768. The molecule has 14 heavy (non-hydrogen) atoms. The lowest BCUT2D eigenvalue weighted by Gasteiger charge is -2.04. The van der Waals surface area contributed by atoms with Crippen LogP contribution in [0, 0.1) is 0 Å². The van der Waals surface area contributed by atoms with Crippen LogP contribution < -0.4 is 16.8 Å². The predicted octanol–water partition coefficient (Wildman–Crippen LogP) is -1.66. The first kappa shape index (κ1) is 12.9. The topological polar surface area (TPSA) is 107 Å². The van der Waals surface area contributed by atoms with Crippen LogP contribution in [-0.2, 0) is 14.3 Å². The molecule has 82 valence electrons. The summed E-state index contributed by atoms with van der Waals surface area (Å²) in [6, 6.07) is 0. The number of hydrogen-bond acceptors (Lipinski definition) is 5. The molecular formula is C8H17N3O3. The van der Waals surface area contributed by atoms with E-state index >= 15 is 0 Å². The smallest absolute Gasteiger partial charge is 0.307 e. The van der Waals surface area contributed by atoms with Gasteiger partial charge in [-0.15, -0.1) is 0 Å². The van der Waals surface area contributed by atoms with E-state index in [0.29, 0.717) is 13.1 Å². The quantitative estimate of drug-likeness (QED) is 0.429. The highest BCUT2D eigenvalue weighted by Crippen LogP contribution is 1.84. The minimum Gasteiger partial charge on any atom is -0.464 e. The van der Waals surface area contributed by atoms with Gasteiger partial charge in [-0.25, -0.2) is 0 Å². The Labute approximate surface area is 83.0 Å². The van der Waals surface area contributed by atoms with E-state index < -0.39 is 0 Å². The van der Waals surface area contributed by atoms with E-state index in [9.17, 15) is 9.59 Å². The summed E-state index contributed by atoms with van der Waals surface area (Å²) in [4.78, 5) is 21.8. The van der Waals surface area contributed by atoms with Gasteiger partial charge >= 0.3 is 5.97 Å². The molecule has 0 saturated heterocycles. The molecule has 0 aliphatic heterocycles. The van der Waals surface area contributed by atoms with Crippen LogP contribution in [0.5, 0.6) is 0 Å². The van der Waals surface area contributed by atoms with Gasteiger partial charge in [0.25, 0.3) is 0 Å². The first-order chi connectivity index (χ1) is 6.70. The predicted molar refractivity (Wildman–Crippen MR) is 51.3 cm³/mol. The molecule has 0 bridgehead atoms. The van der Waals surface area contributed by atoms with Gasteiger partial charge in [0.2, 0.25) is 5.91 Å². The lowest BCUT2D eigenvalue weighted by atomic mass is 10.3. The van der Waals surface area contributed by atoms with Crippen molar-refractivity contribution in [2.45, 2.75) is 12.8 Å². The summed E-state index contributed by atoms with van der Waals surface area (Å²) in [6.45, 7) is 1.12. The van der Waals surface area contributed by atoms with Crippen molar-refractivity contribution in [1.29, 1.82) is 0 Å². The molecule has 0 atom stereocenters. The Hall–Kier alpha value is -1.14. The van der Waals surface area contributed by atoms with Crippen LogP contribution >= 0.6 is 0 Å². The van der Waals surface area contributed by atoms with Gasteiger partial charge in [0, 0.05) is 26.1 Å². The minimum absolute atomic E-state index is 0.154. The Balaban J connectivity index is 3.34. The maximum atomic E-state index is 10.9. The molecule has 0 radical (unpaired) electrons. The summed E-state index contributed by atoms with van der Waals surface area (Å²) < 4.78 is 4.69. The molecule has 6 heteroatoms. The fourth-order valence-electron chi connectivity index (χ4n) is 0.768. The molecule has 0 aliphatic rings. The zero-order valence-electron chi connectivity index (χ0n) is 8.12. The van der Waals surface area contributed by atoms with Gasteiger partial charge in [-0.05, 0) is 0 Å². The Kier molecular flexibility index (Phi) is 7.77. The first-order valence-corrected chi connectivity index (χ1v) is 4.53. The zero-order valence-corrected chi connectivity index (χ0v) is 8.12. The first-order valence-electron chi connectivity index (χ1n) is 4.53. The molecule has 0 heterocycles. The van der Waals surface area contributed by atoms with E-state index in [1.54, 1.807) is 0 Å². The van der Waals surface area contributed by atoms with Crippen LogP contribution in [0.4, 0.5) is 0 Å². The van der Waals surface area contributed by atoms with Crippen molar-refractivity contribution >= 4 is 11.9 Å². The molecule has 0 saturated carbocycles. The summed E-state index contributed by atoms with van der Waals surface area (Å²) in [5.41, 5.74) is 10.3. The van der Waals surface area contributed by atoms with Gasteiger partial charge in [0.15, 0.2) is 0 Å². The normalized spacial score (nSPS) is 9.57. The van der Waals surface area contributed by atoms with E-state index in [2.05, 4.69) is 5.32 Å². The van der Waals surface area contributed by atoms with E-state index in [1.165, 1.54) is 0 Å². The summed E-state index contributed by atoms with van der Waals surface area (Å²) in [5.74, 6) is -0.511. The van der Waals surface area contributed by atoms with E-state index in [0.717, 1.165) is 0 Å². The Morgan fingerprint density at radius 1 is 1.14 bits per heavy atom. The van der Waals surface area contributed by atoms with Crippen molar-refractivity contribution in [3.05, 3.63) is 0 Å². The van der Waals surface area contributed by atoms with Gasteiger partial charge in [-0.3, -0.25) is 9.59 Å². The third kappa shape index (κ3) is 7.51. The lowest BCUT2D eigenvalue weighted by molar-refractivity contribution is -0.143. The van der Waals surface area contributed by atoms with Crippen LogP contribution in [0.25, 0.3) is 0 Å². The Bertz CT molecular complexity index is 185. The molecule has 0 fully saturated rings. The van der Waals surface area contributed by atoms with Crippen molar-refractivity contribution < 1.29 is 14.3 Å². The molecule has 0 rings (SSSR count). The van der Waals surface area contributed by atoms with Crippen LogP contribution in [0.2, 0.25) is 0 Å². The number of hydrogen-bond donors (Lipinski definition) is 3. The van der Waals surface area contributed by atoms with Crippen LogP contribution in [-0.4, -0.2) is 38.1 Å². The maximum absolute atomic E-state index is 10.9. The van der Waals surface area contributed by atoms with Gasteiger partial charge < -0.3 is 21.5 Å². The molecule has 0 aromatic rings. The van der Waals surface area contributed by atoms with Crippen molar-refractivity contribution in [2.24, 2.45) is 11.5 Å². The highest BCUT2D eigenvalue weighted by molar-refractivity contribution is 5.77. The van der Waals surface area contributed by atoms with E-state index in [-0.39, 0.29) is 37.9 Å². The van der Waals surface area contributed by atoms with Crippen LogP contribution in [0.3, 0.4) is 0 Å². The van der Waals surface area contributed by atoms with Gasteiger partial charge in [0.05, 0.1) is 6.42 Å². The fraction of sp³-hybridized carbons (Fsp3) is 0.750. The molecule has 0 aromatic heterocycles. The molecule has 0 spiro atoms. The number of carbonyl (C=O) groups excluding carboxylic acids is 2. The molecule has 6 nitrogen and oxygen atoms in total. The molecule has 0 unspecified atom stereocenters. The largest absolute Gasteiger partial charge is 0.464 e. The zero-order chi connectivity index (χ0) is 10.8. The number of rotatable bonds is 7. The SMILES string of the molecule is NCCOC(=O)CCNC(=O)CCN. The van der Waals surface area contributed by atoms with E-state index in [4.69, 9.17) is 16.2 Å². The summed E-state index contributed by atoms with van der Waals surface area (Å²) in [5, 5.41) is 2.54. The number of amides is 1. The third-order valence-corrected chi connectivity index (χ3v) is 1.40. The maximum Gasteiger partial charge on any atom is 0.307 e. The standard InChI is InChI=1S/C8H17N3O3/c9-3-1-7(12)11-5-2-8(13)14-6-4-10/h1-6,9-10H2,(H,11,12). The molecule has 1 amide bonds. The molecule has 0 aliphatic carbocycles. The van der Waals surface area contributed by atoms with Crippen LogP contribution in [0.15, 0.2) is 0 Å². The van der Waals surface area contributed by atoms with Gasteiger partial charge in [-0.2, -0.15) is 0 Å². The Morgan fingerprint density at radius 2 is 1.86 bits per heavy atom. The van der Waals surface area contributed by atoms with Gasteiger partial charge in [0.1, 0.15) is 6.61 Å². The summed E-state index contributed by atoms with van der Waals surface area (Å²) in [6.07, 6.45) is 0.439. The lowest BCUT2D eigenvalue weighted by Crippen LogP contribution is -2.28.